The van der Waals surface area contributed by atoms with Gasteiger partial charge in [-0.05, 0) is 0 Å². The van der Waals surface area contributed by atoms with Gasteiger partial charge in [0.05, 0.1) is 0 Å². The average molecular weight is 258 g/mol. The van der Waals surface area contributed by atoms with Crippen molar-refractivity contribution >= 4 is 35.5 Å². The monoisotopic (exact) mass is 260 g/mol. The molecule has 1 aromatic carbocycles. The molecule has 1 aromatic heterocycles. The Hall–Kier alpha value is -0.580. The zero-order valence-corrected chi connectivity index (χ0v) is 8.11. The minimum atomic E-state index is -0.185. The first-order valence-corrected chi connectivity index (χ1v) is 5.84. The van der Waals surface area contributed by atoms with E-state index in [1.54, 1.807) is 0 Å². The number of rotatable bonds is 1. The fourth-order valence-electron chi connectivity index (χ4n) is 1.11. The third-order valence-corrected chi connectivity index (χ3v) is 4.43. The molecular weight excluding hydrogens is 252 g/mol. The van der Waals surface area contributed by atoms with Crippen LogP contribution in [0.5, 0.6) is 0 Å². The van der Waals surface area contributed by atoms with Crippen LogP contribution in [0.25, 0.3) is 8.79 Å². The Morgan fingerprint density at radius 3 is 3.00 bits per heavy atom. The predicted molar refractivity (Wildman–Crippen MR) is 46.3 cm³/mol. The Morgan fingerprint density at radius 1 is 1.27 bits per heavy atom. The molecule has 1 heterocycles. The molecule has 54 valence electrons. The molecule has 0 N–H and O–H groups in total. The molecular formula is C9H6OTe. The van der Waals surface area contributed by atoms with E-state index in [0.29, 0.717) is 0 Å². The summed E-state index contributed by atoms with van der Waals surface area (Å²) in [6, 6.07) is 8.01. The molecule has 0 saturated carbocycles. The topological polar surface area (TPSA) is 17.1 Å². The van der Waals surface area contributed by atoms with Crippen LogP contribution in [0.15, 0.2) is 28.3 Å². The second-order valence-electron chi connectivity index (χ2n) is 2.30. The van der Waals surface area contributed by atoms with Crippen LogP contribution in [0.4, 0.5) is 0 Å². The first-order chi connectivity index (χ1) is 5.42. The SMILES string of the molecule is O=Cc1cccc2cc[te]c12. The predicted octanol–water partition coefficient (Wildman–Crippen LogP) is 1.71. The molecule has 0 unspecified atom stereocenters. The molecule has 0 atom stereocenters. The summed E-state index contributed by atoms with van der Waals surface area (Å²) in [6.45, 7) is 0. The molecule has 1 nitrogen and oxygen atoms in total. The average Bonchev–Trinajstić information content (AvgIpc) is 2.50. The molecule has 0 saturated heterocycles. The fourth-order valence-corrected chi connectivity index (χ4v) is 3.61. The van der Waals surface area contributed by atoms with Crippen molar-refractivity contribution in [3.8, 4) is 0 Å². The van der Waals surface area contributed by atoms with Crippen LogP contribution in [0.1, 0.15) is 10.4 Å². The van der Waals surface area contributed by atoms with E-state index in [4.69, 9.17) is 0 Å². The Labute approximate surface area is 74.3 Å². The van der Waals surface area contributed by atoms with Crippen molar-refractivity contribution in [2.75, 3.05) is 0 Å². The van der Waals surface area contributed by atoms with Crippen LogP contribution in [0, 0.1) is 0 Å². The van der Waals surface area contributed by atoms with Gasteiger partial charge in [-0.3, -0.25) is 0 Å². The first-order valence-electron chi connectivity index (χ1n) is 3.33. The molecule has 2 heteroatoms. The van der Waals surface area contributed by atoms with Crippen molar-refractivity contribution in [1.82, 2.24) is 0 Å². The summed E-state index contributed by atoms with van der Waals surface area (Å²) in [5.74, 6) is 0. The standard InChI is InChI=1S/C9H6OTe/c10-6-8-3-1-2-7-4-5-11-9(7)8/h1-6H. The van der Waals surface area contributed by atoms with Crippen molar-refractivity contribution in [2.24, 2.45) is 0 Å². The second kappa shape index (κ2) is 2.81. The van der Waals surface area contributed by atoms with E-state index >= 15 is 0 Å². The van der Waals surface area contributed by atoms with Gasteiger partial charge in [-0.2, -0.15) is 0 Å². The molecule has 0 aliphatic carbocycles. The van der Waals surface area contributed by atoms with Gasteiger partial charge in [0.15, 0.2) is 0 Å². The number of fused-ring (bicyclic) bond motifs is 1. The van der Waals surface area contributed by atoms with Gasteiger partial charge in [0, 0.05) is 0 Å². The number of carbonyl (C=O) groups excluding carboxylic acids is 1. The van der Waals surface area contributed by atoms with Gasteiger partial charge in [-0.25, -0.2) is 0 Å². The van der Waals surface area contributed by atoms with Crippen LogP contribution in [0.2, 0.25) is 0 Å². The Kier molecular flexibility index (Phi) is 1.81. The molecule has 0 radical (unpaired) electrons. The first kappa shape index (κ1) is 7.09. The van der Waals surface area contributed by atoms with E-state index in [0.717, 1.165) is 11.8 Å². The number of benzene rings is 1. The van der Waals surface area contributed by atoms with E-state index in [9.17, 15) is 4.79 Å². The van der Waals surface area contributed by atoms with Crippen molar-refractivity contribution in [3.05, 3.63) is 33.9 Å². The summed E-state index contributed by atoms with van der Waals surface area (Å²) in [6.07, 6.45) is 0.955. The molecule has 2 aromatic rings. The third-order valence-electron chi connectivity index (χ3n) is 1.64. The normalized spacial score (nSPS) is 10.2. The van der Waals surface area contributed by atoms with E-state index in [-0.39, 0.29) is 20.4 Å². The molecule has 0 bridgehead atoms. The van der Waals surface area contributed by atoms with E-state index in [1.165, 1.54) is 8.79 Å². The van der Waals surface area contributed by atoms with Crippen molar-refractivity contribution < 1.29 is 4.79 Å². The zero-order valence-electron chi connectivity index (χ0n) is 5.78. The molecule has 0 aliphatic rings. The van der Waals surface area contributed by atoms with Crippen LogP contribution in [0.3, 0.4) is 0 Å². The molecule has 11 heavy (non-hydrogen) atoms. The number of carbonyl (C=O) groups is 1. The maximum absolute atomic E-state index is 10.6. The van der Waals surface area contributed by atoms with Crippen LogP contribution >= 0.6 is 0 Å². The van der Waals surface area contributed by atoms with Crippen LogP contribution in [-0.2, 0) is 0 Å². The van der Waals surface area contributed by atoms with Crippen molar-refractivity contribution in [1.29, 1.82) is 0 Å². The fraction of sp³-hybridized carbons (Fsp3) is 0. The summed E-state index contributed by atoms with van der Waals surface area (Å²) < 4.78 is 3.51. The molecule has 0 amide bonds. The van der Waals surface area contributed by atoms with Crippen LogP contribution < -0.4 is 0 Å². The molecule has 0 aliphatic heterocycles. The van der Waals surface area contributed by atoms with Gasteiger partial charge >= 0.3 is 74.2 Å². The van der Waals surface area contributed by atoms with Gasteiger partial charge in [0.2, 0.25) is 0 Å². The Bertz CT molecular complexity index is 389. The Morgan fingerprint density at radius 2 is 2.18 bits per heavy atom. The van der Waals surface area contributed by atoms with E-state index < -0.39 is 0 Å². The molecule has 2 rings (SSSR count). The second-order valence-corrected chi connectivity index (χ2v) is 4.92. The third kappa shape index (κ3) is 1.13. The van der Waals surface area contributed by atoms with Gasteiger partial charge in [0.25, 0.3) is 0 Å². The maximum atomic E-state index is 10.6. The Balaban J connectivity index is 2.88. The molecule has 0 fully saturated rings. The summed E-state index contributed by atoms with van der Waals surface area (Å²) in [7, 11) is 0. The number of hydrogen-bond acceptors (Lipinski definition) is 1. The van der Waals surface area contributed by atoms with Gasteiger partial charge in [-0.15, -0.1) is 0 Å². The van der Waals surface area contributed by atoms with E-state index in [1.807, 2.05) is 12.1 Å². The van der Waals surface area contributed by atoms with Crippen molar-refractivity contribution in [3.63, 3.8) is 0 Å². The summed E-state index contributed by atoms with van der Waals surface area (Å²) in [5, 5.41) is 1.25. The van der Waals surface area contributed by atoms with E-state index in [2.05, 4.69) is 16.2 Å². The summed E-state index contributed by atoms with van der Waals surface area (Å²) >= 11 is -0.185. The van der Waals surface area contributed by atoms with Gasteiger partial charge in [-0.1, -0.05) is 0 Å². The summed E-state index contributed by atoms with van der Waals surface area (Å²) in [5.41, 5.74) is 0.884. The van der Waals surface area contributed by atoms with Gasteiger partial charge in [0.1, 0.15) is 0 Å². The molecule has 0 spiro atoms. The quantitative estimate of drug-likeness (QED) is 0.562. The van der Waals surface area contributed by atoms with Crippen molar-refractivity contribution in [2.45, 2.75) is 0 Å². The number of aldehydes is 1. The van der Waals surface area contributed by atoms with Gasteiger partial charge < -0.3 is 0 Å². The van der Waals surface area contributed by atoms with Crippen LogP contribution in [-0.4, -0.2) is 26.7 Å². The summed E-state index contributed by atoms with van der Waals surface area (Å²) in [4.78, 5) is 10.6. The number of hydrogen-bond donors (Lipinski definition) is 0. The minimum absolute atomic E-state index is 0.185. The zero-order chi connectivity index (χ0) is 7.68.